The first-order valence-electron chi connectivity index (χ1n) is 9.74. The number of nitrogens with one attached hydrogen (secondary N) is 1. The zero-order chi connectivity index (χ0) is 21.4. The monoisotopic (exact) mass is 416 g/mol. The fraction of sp³-hybridized carbons (Fsp3) is 0.391. The van der Waals surface area contributed by atoms with Gasteiger partial charge in [0.1, 0.15) is 11.9 Å². The third-order valence-corrected chi connectivity index (χ3v) is 5.47. The summed E-state index contributed by atoms with van der Waals surface area (Å²) in [5.74, 6) is 0.361. The summed E-state index contributed by atoms with van der Waals surface area (Å²) in [6, 6.07) is 13.6. The number of aryl methyl sites for hydroxylation is 1. The fourth-order valence-corrected chi connectivity index (χ4v) is 3.67. The number of thioether (sulfide) groups is 1. The van der Waals surface area contributed by atoms with Gasteiger partial charge in [0, 0.05) is 18.3 Å². The molecule has 0 fully saturated rings. The van der Waals surface area contributed by atoms with E-state index < -0.39 is 6.04 Å². The van der Waals surface area contributed by atoms with E-state index in [0.717, 1.165) is 16.9 Å². The Kier molecular flexibility index (Phi) is 8.70. The van der Waals surface area contributed by atoms with Crippen molar-refractivity contribution in [2.24, 2.45) is 0 Å². The Morgan fingerprint density at radius 3 is 2.17 bits per heavy atom. The molecule has 0 aliphatic heterocycles. The molecular weight excluding hydrogens is 387 g/mol. The van der Waals surface area contributed by atoms with Crippen LogP contribution in [0.25, 0.3) is 0 Å². The van der Waals surface area contributed by atoms with E-state index in [2.05, 4.69) is 29.6 Å². The second-order valence-electron chi connectivity index (χ2n) is 7.47. The third-order valence-electron chi connectivity index (χ3n) is 4.48. The van der Waals surface area contributed by atoms with Gasteiger partial charge >= 0.3 is 0 Å². The number of benzene rings is 2. The molecule has 4 nitrogen and oxygen atoms in total. The highest BCUT2D eigenvalue weighted by Gasteiger charge is 2.26. The highest BCUT2D eigenvalue weighted by molar-refractivity contribution is 7.99. The van der Waals surface area contributed by atoms with Crippen molar-refractivity contribution in [3.63, 3.8) is 0 Å². The summed E-state index contributed by atoms with van der Waals surface area (Å²) >= 11 is 1.52. The molecule has 0 saturated heterocycles. The van der Waals surface area contributed by atoms with Crippen LogP contribution in [0.1, 0.15) is 37.5 Å². The van der Waals surface area contributed by atoms with Crippen LogP contribution in [-0.4, -0.2) is 34.6 Å². The van der Waals surface area contributed by atoms with Gasteiger partial charge < -0.3 is 10.2 Å². The fourth-order valence-electron chi connectivity index (χ4n) is 2.80. The molecule has 2 amide bonds. The number of carbonyl (C=O) groups is 2. The average molecular weight is 417 g/mol. The Bertz CT molecular complexity index is 807. The van der Waals surface area contributed by atoms with E-state index in [4.69, 9.17) is 0 Å². The van der Waals surface area contributed by atoms with Crippen LogP contribution in [0.3, 0.4) is 0 Å². The van der Waals surface area contributed by atoms with Crippen LogP contribution in [0.2, 0.25) is 0 Å². The summed E-state index contributed by atoms with van der Waals surface area (Å²) in [5, 5.41) is 2.86. The standard InChI is InChI=1S/C23H29FN2O2S/c1-16(2)25-23(28)18(4)26(13-19-9-11-21(24)12-10-19)22(27)15-29-14-20-7-5-17(3)6-8-20/h5-12,16,18H,13-15H2,1-4H3,(H,25,28). The number of halogens is 1. The number of nitrogens with zero attached hydrogens (tertiary/aromatic N) is 1. The van der Waals surface area contributed by atoms with Crippen molar-refractivity contribution in [3.8, 4) is 0 Å². The van der Waals surface area contributed by atoms with E-state index in [0.29, 0.717) is 0 Å². The highest BCUT2D eigenvalue weighted by Crippen LogP contribution is 2.17. The molecule has 1 atom stereocenters. The van der Waals surface area contributed by atoms with Crippen LogP contribution in [0.5, 0.6) is 0 Å². The Hall–Kier alpha value is -2.34. The van der Waals surface area contributed by atoms with E-state index in [1.807, 2.05) is 20.8 Å². The van der Waals surface area contributed by atoms with Crippen LogP contribution in [0, 0.1) is 12.7 Å². The Balaban J connectivity index is 2.05. The molecule has 2 aromatic rings. The van der Waals surface area contributed by atoms with Crippen molar-refractivity contribution < 1.29 is 14.0 Å². The minimum absolute atomic E-state index is 0.0105. The first kappa shape index (κ1) is 22.9. The van der Waals surface area contributed by atoms with E-state index >= 15 is 0 Å². The normalized spacial score (nSPS) is 11.9. The minimum atomic E-state index is -0.616. The zero-order valence-electron chi connectivity index (χ0n) is 17.4. The zero-order valence-corrected chi connectivity index (χ0v) is 18.3. The van der Waals surface area contributed by atoms with E-state index in [-0.39, 0.29) is 36.0 Å². The van der Waals surface area contributed by atoms with Crippen molar-refractivity contribution in [3.05, 3.63) is 71.0 Å². The quantitative estimate of drug-likeness (QED) is 0.663. The van der Waals surface area contributed by atoms with Crippen molar-refractivity contribution in [1.29, 1.82) is 0 Å². The van der Waals surface area contributed by atoms with Gasteiger partial charge in [0.15, 0.2) is 0 Å². The van der Waals surface area contributed by atoms with E-state index in [1.165, 1.54) is 29.5 Å². The lowest BCUT2D eigenvalue weighted by molar-refractivity contribution is -0.138. The lowest BCUT2D eigenvalue weighted by atomic mass is 10.1. The van der Waals surface area contributed by atoms with Crippen LogP contribution < -0.4 is 5.32 Å². The molecule has 156 valence electrons. The number of carbonyl (C=O) groups excluding carboxylic acids is 2. The number of hydrogen-bond donors (Lipinski definition) is 1. The molecule has 0 saturated carbocycles. The molecule has 0 spiro atoms. The predicted molar refractivity (Wildman–Crippen MR) is 117 cm³/mol. The SMILES string of the molecule is Cc1ccc(CSCC(=O)N(Cc2ccc(F)cc2)C(C)C(=O)NC(C)C)cc1. The number of amides is 2. The van der Waals surface area contributed by atoms with Gasteiger partial charge in [-0.3, -0.25) is 9.59 Å². The van der Waals surface area contributed by atoms with Crippen molar-refractivity contribution in [2.45, 2.75) is 52.1 Å². The molecule has 0 bridgehead atoms. The van der Waals surface area contributed by atoms with Crippen LogP contribution in [0.4, 0.5) is 4.39 Å². The molecule has 0 radical (unpaired) electrons. The first-order valence-corrected chi connectivity index (χ1v) is 10.9. The first-order chi connectivity index (χ1) is 13.8. The molecule has 6 heteroatoms. The summed E-state index contributed by atoms with van der Waals surface area (Å²) in [6.07, 6.45) is 0. The van der Waals surface area contributed by atoms with E-state index in [9.17, 15) is 14.0 Å². The van der Waals surface area contributed by atoms with Gasteiger partial charge in [0.25, 0.3) is 0 Å². The van der Waals surface area contributed by atoms with Gasteiger partial charge in [-0.25, -0.2) is 4.39 Å². The van der Waals surface area contributed by atoms with Gasteiger partial charge in [-0.05, 0) is 51.0 Å². The summed E-state index contributed by atoms with van der Waals surface area (Å²) < 4.78 is 13.2. The molecule has 2 aromatic carbocycles. The molecule has 0 aliphatic rings. The Labute approximate surface area is 176 Å². The molecule has 29 heavy (non-hydrogen) atoms. The second kappa shape index (κ2) is 11.0. The smallest absolute Gasteiger partial charge is 0.242 e. The minimum Gasteiger partial charge on any atom is -0.352 e. The largest absolute Gasteiger partial charge is 0.352 e. The second-order valence-corrected chi connectivity index (χ2v) is 8.45. The molecule has 0 aromatic heterocycles. The van der Waals surface area contributed by atoms with E-state index in [1.54, 1.807) is 24.0 Å². The molecule has 1 N–H and O–H groups in total. The van der Waals surface area contributed by atoms with Crippen LogP contribution >= 0.6 is 11.8 Å². The van der Waals surface area contributed by atoms with Crippen molar-refractivity contribution >= 4 is 23.6 Å². The average Bonchev–Trinajstić information content (AvgIpc) is 2.68. The summed E-state index contributed by atoms with van der Waals surface area (Å²) in [5.41, 5.74) is 3.14. The van der Waals surface area contributed by atoms with Gasteiger partial charge in [0.2, 0.25) is 11.8 Å². The molecular formula is C23H29FN2O2S. The van der Waals surface area contributed by atoms with Crippen LogP contribution in [0.15, 0.2) is 48.5 Å². The molecule has 0 aliphatic carbocycles. The van der Waals surface area contributed by atoms with Gasteiger partial charge in [-0.15, -0.1) is 11.8 Å². The van der Waals surface area contributed by atoms with Gasteiger partial charge in [-0.2, -0.15) is 0 Å². The topological polar surface area (TPSA) is 49.4 Å². The van der Waals surface area contributed by atoms with Crippen molar-refractivity contribution in [1.82, 2.24) is 10.2 Å². The third kappa shape index (κ3) is 7.54. The molecule has 2 rings (SSSR count). The molecule has 1 unspecified atom stereocenters. The van der Waals surface area contributed by atoms with Gasteiger partial charge in [0.05, 0.1) is 5.75 Å². The Morgan fingerprint density at radius 1 is 1.00 bits per heavy atom. The van der Waals surface area contributed by atoms with Crippen LogP contribution in [-0.2, 0) is 21.9 Å². The Morgan fingerprint density at radius 2 is 1.59 bits per heavy atom. The highest BCUT2D eigenvalue weighted by atomic mass is 32.2. The van der Waals surface area contributed by atoms with Gasteiger partial charge in [-0.1, -0.05) is 42.0 Å². The summed E-state index contributed by atoms with van der Waals surface area (Å²) in [7, 11) is 0. The van der Waals surface area contributed by atoms with Crippen molar-refractivity contribution in [2.75, 3.05) is 5.75 Å². The summed E-state index contributed by atoms with van der Waals surface area (Å²) in [4.78, 5) is 27.0. The lowest BCUT2D eigenvalue weighted by Gasteiger charge is -2.29. The lowest BCUT2D eigenvalue weighted by Crippen LogP contribution is -2.49. The maximum Gasteiger partial charge on any atom is 0.242 e. The number of hydrogen-bond acceptors (Lipinski definition) is 3. The summed E-state index contributed by atoms with van der Waals surface area (Å²) in [6.45, 7) is 7.79. The maximum atomic E-state index is 13.2. The maximum absolute atomic E-state index is 13.2. The molecule has 0 heterocycles. The predicted octanol–water partition coefficient (Wildman–Crippen LogP) is 4.31. The number of rotatable bonds is 9.